The summed E-state index contributed by atoms with van der Waals surface area (Å²) in [6.07, 6.45) is 2.12. The summed E-state index contributed by atoms with van der Waals surface area (Å²) >= 11 is 5.74. The number of hydrogen-bond acceptors (Lipinski definition) is 4. The third-order valence-electron chi connectivity index (χ3n) is 2.25. The number of ketones is 1. The first-order chi connectivity index (χ1) is 8.99. The Morgan fingerprint density at radius 1 is 1.21 bits per heavy atom. The van der Waals surface area contributed by atoms with Crippen molar-refractivity contribution in [3.05, 3.63) is 41.1 Å². The lowest BCUT2D eigenvalue weighted by molar-refractivity contribution is -0.133. The van der Waals surface area contributed by atoms with Crippen LogP contribution in [0.25, 0.3) is 0 Å². The minimum atomic E-state index is -1.01. The van der Waals surface area contributed by atoms with Crippen molar-refractivity contribution >= 4 is 23.3 Å². The molecule has 6 heteroatoms. The fourth-order valence-electron chi connectivity index (χ4n) is 1.31. The van der Waals surface area contributed by atoms with Crippen molar-refractivity contribution in [1.82, 2.24) is 0 Å². The summed E-state index contributed by atoms with van der Waals surface area (Å²) in [5.41, 5.74) is 10.7. The first-order valence-electron chi connectivity index (χ1n) is 5.67. The highest BCUT2D eigenvalue weighted by molar-refractivity contribution is 6.40. The van der Waals surface area contributed by atoms with Crippen LogP contribution < -0.4 is 16.2 Å². The standard InChI is InChI=1S/C13H15ClN2O3/c14-9-3-5-11(6-4-9)19-7-1-2-10(15)8-12(17)13(16)18/h3-6,8H,1-2,7,15H2,(H2,16,18)/b10-8-. The largest absolute Gasteiger partial charge is 0.494 e. The number of allylic oxidation sites excluding steroid dienone is 1. The molecule has 1 aromatic carbocycles. The number of nitrogens with two attached hydrogens (primary N) is 2. The second-order valence-electron chi connectivity index (χ2n) is 3.85. The van der Waals surface area contributed by atoms with Gasteiger partial charge in [-0.1, -0.05) is 11.6 Å². The van der Waals surface area contributed by atoms with E-state index < -0.39 is 11.7 Å². The molecule has 0 aromatic heterocycles. The Morgan fingerprint density at radius 3 is 2.42 bits per heavy atom. The Labute approximate surface area is 116 Å². The van der Waals surface area contributed by atoms with Gasteiger partial charge in [0, 0.05) is 16.8 Å². The van der Waals surface area contributed by atoms with Crippen molar-refractivity contribution < 1.29 is 14.3 Å². The Kier molecular flexibility index (Phi) is 5.89. The molecule has 0 aliphatic rings. The average Bonchev–Trinajstić information content (AvgIpc) is 2.36. The van der Waals surface area contributed by atoms with Gasteiger partial charge in [-0.2, -0.15) is 0 Å². The molecule has 0 radical (unpaired) electrons. The van der Waals surface area contributed by atoms with E-state index in [1.807, 2.05) is 0 Å². The van der Waals surface area contributed by atoms with Gasteiger partial charge in [-0.15, -0.1) is 0 Å². The van der Waals surface area contributed by atoms with Gasteiger partial charge in [0.05, 0.1) is 6.61 Å². The molecule has 19 heavy (non-hydrogen) atoms. The van der Waals surface area contributed by atoms with Crippen molar-refractivity contribution in [2.75, 3.05) is 6.61 Å². The van der Waals surface area contributed by atoms with Crippen LogP contribution in [0.2, 0.25) is 5.02 Å². The smallest absolute Gasteiger partial charge is 0.289 e. The summed E-state index contributed by atoms with van der Waals surface area (Å²) in [5, 5.41) is 0.643. The van der Waals surface area contributed by atoms with Gasteiger partial charge in [0.15, 0.2) is 0 Å². The Morgan fingerprint density at radius 2 is 1.84 bits per heavy atom. The Bertz CT molecular complexity index is 483. The maximum Gasteiger partial charge on any atom is 0.289 e. The molecule has 1 rings (SSSR count). The molecule has 0 saturated heterocycles. The van der Waals surface area contributed by atoms with E-state index in [1.165, 1.54) is 0 Å². The summed E-state index contributed by atoms with van der Waals surface area (Å²) < 4.78 is 5.45. The molecule has 1 aromatic rings. The Balaban J connectivity index is 2.29. The van der Waals surface area contributed by atoms with Crippen LogP contribution in [0.3, 0.4) is 0 Å². The maximum absolute atomic E-state index is 11.0. The lowest BCUT2D eigenvalue weighted by Gasteiger charge is -2.06. The summed E-state index contributed by atoms with van der Waals surface area (Å²) in [6.45, 7) is 0.445. The predicted octanol–water partition coefficient (Wildman–Crippen LogP) is 1.40. The lowest BCUT2D eigenvalue weighted by Crippen LogP contribution is -2.22. The molecule has 0 saturated carbocycles. The van der Waals surface area contributed by atoms with Gasteiger partial charge in [0.25, 0.3) is 5.91 Å². The topological polar surface area (TPSA) is 95.4 Å². The quantitative estimate of drug-likeness (QED) is 0.449. The van der Waals surface area contributed by atoms with Gasteiger partial charge in [0.2, 0.25) is 5.78 Å². The van der Waals surface area contributed by atoms with Crippen molar-refractivity contribution in [2.24, 2.45) is 11.5 Å². The van der Waals surface area contributed by atoms with Gasteiger partial charge in [-0.3, -0.25) is 9.59 Å². The molecule has 5 nitrogen and oxygen atoms in total. The minimum Gasteiger partial charge on any atom is -0.494 e. The number of carbonyl (C=O) groups is 2. The second-order valence-corrected chi connectivity index (χ2v) is 4.29. The third kappa shape index (κ3) is 5.92. The zero-order valence-electron chi connectivity index (χ0n) is 10.3. The summed E-state index contributed by atoms with van der Waals surface area (Å²) in [7, 11) is 0. The number of carbonyl (C=O) groups excluding carboxylic acids is 2. The molecule has 4 N–H and O–H groups in total. The molecule has 1 amide bonds. The van der Waals surface area contributed by atoms with Crippen molar-refractivity contribution in [3.63, 3.8) is 0 Å². The molecule has 0 aliphatic carbocycles. The van der Waals surface area contributed by atoms with Gasteiger partial charge < -0.3 is 16.2 Å². The summed E-state index contributed by atoms with van der Waals surface area (Å²) in [6, 6.07) is 6.99. The van der Waals surface area contributed by atoms with E-state index in [0.29, 0.717) is 35.9 Å². The number of primary amides is 1. The zero-order chi connectivity index (χ0) is 14.3. The van der Waals surface area contributed by atoms with E-state index >= 15 is 0 Å². The van der Waals surface area contributed by atoms with Crippen LogP contribution >= 0.6 is 11.6 Å². The maximum atomic E-state index is 11.0. The molecule has 102 valence electrons. The van der Waals surface area contributed by atoms with E-state index in [0.717, 1.165) is 6.08 Å². The van der Waals surface area contributed by atoms with Crippen LogP contribution in [0.1, 0.15) is 12.8 Å². The lowest BCUT2D eigenvalue weighted by atomic mass is 10.2. The van der Waals surface area contributed by atoms with E-state index in [9.17, 15) is 9.59 Å². The number of rotatable bonds is 7. The highest BCUT2D eigenvalue weighted by Crippen LogP contribution is 2.15. The van der Waals surface area contributed by atoms with Gasteiger partial charge in [-0.25, -0.2) is 0 Å². The average molecular weight is 283 g/mol. The van der Waals surface area contributed by atoms with Crippen molar-refractivity contribution in [1.29, 1.82) is 0 Å². The SMILES string of the molecule is NC(=O)C(=O)/C=C(\N)CCCOc1ccc(Cl)cc1. The number of amides is 1. The van der Waals surface area contributed by atoms with Crippen molar-refractivity contribution in [2.45, 2.75) is 12.8 Å². The van der Waals surface area contributed by atoms with Crippen LogP contribution in [0.15, 0.2) is 36.0 Å². The second kappa shape index (κ2) is 7.43. The van der Waals surface area contributed by atoms with E-state index in [4.69, 9.17) is 27.8 Å². The number of halogens is 1. The monoisotopic (exact) mass is 282 g/mol. The molecule has 0 aliphatic heterocycles. The molecule has 0 heterocycles. The predicted molar refractivity (Wildman–Crippen MR) is 72.7 cm³/mol. The Hall–Kier alpha value is -2.01. The molecule has 0 spiro atoms. The molecule has 0 bridgehead atoms. The molecular weight excluding hydrogens is 268 g/mol. The van der Waals surface area contributed by atoms with E-state index in [-0.39, 0.29) is 0 Å². The van der Waals surface area contributed by atoms with Gasteiger partial charge in [0.1, 0.15) is 5.75 Å². The molecule has 0 unspecified atom stereocenters. The van der Waals surface area contributed by atoms with E-state index in [2.05, 4.69) is 0 Å². The fourth-order valence-corrected chi connectivity index (χ4v) is 1.43. The third-order valence-corrected chi connectivity index (χ3v) is 2.50. The first-order valence-corrected chi connectivity index (χ1v) is 6.05. The van der Waals surface area contributed by atoms with Crippen LogP contribution in [0.5, 0.6) is 5.75 Å². The van der Waals surface area contributed by atoms with Crippen LogP contribution in [-0.2, 0) is 9.59 Å². The number of hydrogen-bond donors (Lipinski definition) is 2. The highest BCUT2D eigenvalue weighted by Gasteiger charge is 2.05. The number of ether oxygens (including phenoxy) is 1. The zero-order valence-corrected chi connectivity index (χ0v) is 11.0. The molecule has 0 fully saturated rings. The first kappa shape index (κ1) is 15.0. The van der Waals surface area contributed by atoms with Gasteiger partial charge in [-0.05, 0) is 37.1 Å². The normalized spacial score (nSPS) is 11.1. The summed E-state index contributed by atoms with van der Waals surface area (Å²) in [5.74, 6) is -1.10. The minimum absolute atomic E-state index is 0.309. The van der Waals surface area contributed by atoms with Crippen LogP contribution in [-0.4, -0.2) is 18.3 Å². The van der Waals surface area contributed by atoms with Crippen LogP contribution in [0, 0.1) is 0 Å². The summed E-state index contributed by atoms with van der Waals surface area (Å²) in [4.78, 5) is 21.5. The molecular formula is C13H15ClN2O3. The fraction of sp³-hybridized carbons (Fsp3) is 0.231. The number of benzene rings is 1. The van der Waals surface area contributed by atoms with Crippen LogP contribution in [0.4, 0.5) is 0 Å². The van der Waals surface area contributed by atoms with Crippen molar-refractivity contribution in [3.8, 4) is 5.75 Å². The highest BCUT2D eigenvalue weighted by atomic mass is 35.5. The van der Waals surface area contributed by atoms with Gasteiger partial charge >= 0.3 is 0 Å². The molecule has 0 atom stereocenters. The van der Waals surface area contributed by atoms with E-state index in [1.54, 1.807) is 24.3 Å².